The van der Waals surface area contributed by atoms with Gasteiger partial charge in [0, 0.05) is 12.6 Å². The van der Waals surface area contributed by atoms with Crippen LogP contribution in [0.2, 0.25) is 0 Å². The summed E-state index contributed by atoms with van der Waals surface area (Å²) in [5.41, 5.74) is 2.46. The fourth-order valence-electron chi connectivity index (χ4n) is 3.48. The lowest BCUT2D eigenvalue weighted by molar-refractivity contribution is 0.0598. The van der Waals surface area contributed by atoms with Gasteiger partial charge >= 0.3 is 5.97 Å². The minimum absolute atomic E-state index is 0.122. The number of hydrogen-bond acceptors (Lipinski definition) is 7. The lowest BCUT2D eigenvalue weighted by Gasteiger charge is -2.17. The topological polar surface area (TPSA) is 98.7 Å². The molecule has 0 aliphatic carbocycles. The van der Waals surface area contributed by atoms with E-state index < -0.39 is 5.97 Å². The van der Waals surface area contributed by atoms with Gasteiger partial charge in [-0.25, -0.2) is 14.2 Å². The monoisotopic (exact) mass is 437 g/mol. The molecule has 0 atom stereocenters. The first-order valence-electron chi connectivity index (χ1n) is 9.74. The molecule has 4 rings (SSSR count). The van der Waals surface area contributed by atoms with Crippen LogP contribution in [0.4, 0.5) is 4.39 Å². The number of hydrogen-bond donors (Lipinski definition) is 0. The van der Waals surface area contributed by atoms with Gasteiger partial charge in [-0.15, -0.1) is 0 Å². The van der Waals surface area contributed by atoms with Gasteiger partial charge in [-0.05, 0) is 50.2 Å². The number of benzene rings is 1. The second-order valence-electron chi connectivity index (χ2n) is 7.35. The molecular formula is C23H20FN3O5. The first-order chi connectivity index (χ1) is 15.3. The zero-order chi connectivity index (χ0) is 23.0. The van der Waals surface area contributed by atoms with Crippen molar-refractivity contribution in [3.05, 3.63) is 70.6 Å². The molecule has 0 bridgehead atoms. The molecule has 0 N–H and O–H groups in total. The Morgan fingerprint density at radius 2 is 1.84 bits per heavy atom. The number of ether oxygens (including phenoxy) is 1. The molecule has 0 fully saturated rings. The van der Waals surface area contributed by atoms with Crippen LogP contribution < -0.4 is 0 Å². The smallest absolute Gasteiger partial charge is 0.341 e. The van der Waals surface area contributed by atoms with Crippen LogP contribution in [-0.2, 0) is 11.3 Å². The van der Waals surface area contributed by atoms with E-state index in [1.54, 1.807) is 45.2 Å². The molecule has 3 aromatic heterocycles. The number of rotatable bonds is 5. The Labute approximate surface area is 182 Å². The zero-order valence-electron chi connectivity index (χ0n) is 17.9. The Morgan fingerprint density at radius 1 is 1.12 bits per heavy atom. The summed E-state index contributed by atoms with van der Waals surface area (Å²) in [6.07, 6.45) is 0. The lowest BCUT2D eigenvalue weighted by atomic mass is 10.0. The highest BCUT2D eigenvalue weighted by molar-refractivity contribution is 6.06. The molecule has 0 radical (unpaired) electrons. The largest absolute Gasteiger partial charge is 0.465 e. The van der Waals surface area contributed by atoms with Gasteiger partial charge in [0.05, 0.1) is 36.0 Å². The number of esters is 1. The zero-order valence-corrected chi connectivity index (χ0v) is 17.9. The van der Waals surface area contributed by atoms with E-state index in [4.69, 9.17) is 13.7 Å². The van der Waals surface area contributed by atoms with Crippen molar-refractivity contribution in [2.75, 3.05) is 14.2 Å². The van der Waals surface area contributed by atoms with Crippen LogP contribution in [0.25, 0.3) is 22.4 Å². The number of fused-ring (bicyclic) bond motifs is 1. The van der Waals surface area contributed by atoms with Crippen molar-refractivity contribution >= 4 is 23.0 Å². The molecule has 0 saturated carbocycles. The maximum absolute atomic E-state index is 13.4. The van der Waals surface area contributed by atoms with Gasteiger partial charge in [0.25, 0.3) is 11.6 Å². The van der Waals surface area contributed by atoms with E-state index in [1.165, 1.54) is 24.1 Å². The van der Waals surface area contributed by atoms with Crippen molar-refractivity contribution in [3.63, 3.8) is 0 Å². The van der Waals surface area contributed by atoms with Crippen molar-refractivity contribution in [2.45, 2.75) is 20.4 Å². The number of nitrogens with zero attached hydrogens (tertiary/aromatic N) is 3. The van der Waals surface area contributed by atoms with Crippen LogP contribution in [0.5, 0.6) is 0 Å². The van der Waals surface area contributed by atoms with E-state index in [0.29, 0.717) is 45.0 Å². The summed E-state index contributed by atoms with van der Waals surface area (Å²) < 4.78 is 29.0. The number of aromatic nitrogens is 2. The number of halogens is 1. The summed E-state index contributed by atoms with van der Waals surface area (Å²) in [7, 11) is 2.91. The summed E-state index contributed by atoms with van der Waals surface area (Å²) in [5, 5.41) is 4.44. The molecule has 1 aromatic carbocycles. The molecule has 32 heavy (non-hydrogen) atoms. The highest BCUT2D eigenvalue weighted by Gasteiger charge is 2.23. The highest BCUT2D eigenvalue weighted by Crippen LogP contribution is 2.28. The normalized spacial score (nSPS) is 11.0. The second kappa shape index (κ2) is 8.26. The van der Waals surface area contributed by atoms with Crippen molar-refractivity contribution < 1.29 is 27.7 Å². The van der Waals surface area contributed by atoms with Gasteiger partial charge in [0.1, 0.15) is 22.9 Å². The quantitative estimate of drug-likeness (QED) is 0.429. The third-order valence-corrected chi connectivity index (χ3v) is 5.10. The third kappa shape index (κ3) is 3.84. The van der Waals surface area contributed by atoms with Gasteiger partial charge in [-0.1, -0.05) is 5.16 Å². The van der Waals surface area contributed by atoms with Gasteiger partial charge in [0.15, 0.2) is 0 Å². The van der Waals surface area contributed by atoms with Gasteiger partial charge in [-0.2, -0.15) is 0 Å². The number of aryl methyl sites for hydroxylation is 2. The minimum atomic E-state index is -0.508. The predicted molar refractivity (Wildman–Crippen MR) is 113 cm³/mol. The first-order valence-corrected chi connectivity index (χ1v) is 9.74. The average molecular weight is 437 g/mol. The Morgan fingerprint density at radius 3 is 2.53 bits per heavy atom. The molecule has 164 valence electrons. The summed E-state index contributed by atoms with van der Waals surface area (Å²) in [6.45, 7) is 3.50. The lowest BCUT2D eigenvalue weighted by Crippen LogP contribution is -2.26. The van der Waals surface area contributed by atoms with Crippen LogP contribution >= 0.6 is 0 Å². The van der Waals surface area contributed by atoms with Gasteiger partial charge in [-0.3, -0.25) is 4.79 Å². The standard InChI is InChI=1S/C23H20FN3O5/c1-12-20-18(10-19(25-21(20)32-26-12)14-5-7-15(24)8-6-14)22(28)27(3)11-16-9-17(13(2)31-16)23(29)30-4/h5-10H,11H2,1-4H3. The molecule has 0 aliphatic rings. The number of methoxy groups -OCH3 is 1. The van der Waals surface area contributed by atoms with Crippen molar-refractivity contribution in [1.29, 1.82) is 0 Å². The van der Waals surface area contributed by atoms with E-state index in [1.807, 2.05) is 0 Å². The summed E-state index contributed by atoms with van der Waals surface area (Å²) in [4.78, 5) is 31.1. The molecule has 0 saturated heterocycles. The van der Waals surface area contributed by atoms with Crippen LogP contribution in [0, 0.1) is 19.7 Å². The van der Waals surface area contributed by atoms with E-state index >= 15 is 0 Å². The average Bonchev–Trinajstić information content (AvgIpc) is 3.34. The Kier molecular flexibility index (Phi) is 5.48. The number of amides is 1. The summed E-state index contributed by atoms with van der Waals surface area (Å²) in [6, 6.07) is 8.97. The minimum Gasteiger partial charge on any atom is -0.465 e. The summed E-state index contributed by atoms with van der Waals surface area (Å²) >= 11 is 0. The number of pyridine rings is 1. The molecular weight excluding hydrogens is 417 g/mol. The number of carbonyl (C=O) groups excluding carboxylic acids is 2. The Bertz CT molecular complexity index is 1320. The molecule has 1 amide bonds. The van der Waals surface area contributed by atoms with Crippen LogP contribution in [0.15, 0.2) is 45.3 Å². The van der Waals surface area contributed by atoms with Crippen molar-refractivity contribution in [1.82, 2.24) is 15.0 Å². The molecule has 0 spiro atoms. The first kappa shape index (κ1) is 21.2. The van der Waals surface area contributed by atoms with E-state index in [2.05, 4.69) is 10.1 Å². The van der Waals surface area contributed by atoms with Crippen LogP contribution in [-0.4, -0.2) is 41.1 Å². The SMILES string of the molecule is COC(=O)c1cc(CN(C)C(=O)c2cc(-c3ccc(F)cc3)nc3onc(C)c23)oc1C. The Hall–Kier alpha value is -4.01. The fraction of sp³-hybridized carbons (Fsp3) is 0.217. The van der Waals surface area contributed by atoms with Crippen molar-refractivity contribution in [2.24, 2.45) is 0 Å². The number of carbonyl (C=O) groups is 2. The molecule has 4 aromatic rings. The summed E-state index contributed by atoms with van der Waals surface area (Å²) in [5.74, 6) is -0.356. The van der Waals surface area contributed by atoms with E-state index in [0.717, 1.165) is 0 Å². The maximum atomic E-state index is 13.4. The van der Waals surface area contributed by atoms with Gasteiger partial charge in [0.2, 0.25) is 0 Å². The highest BCUT2D eigenvalue weighted by atomic mass is 19.1. The molecule has 9 heteroatoms. The van der Waals surface area contributed by atoms with Gasteiger partial charge < -0.3 is 18.6 Å². The molecule has 0 unspecified atom stereocenters. The predicted octanol–water partition coefficient (Wildman–Crippen LogP) is 4.30. The number of furan rings is 1. The van der Waals surface area contributed by atoms with Crippen LogP contribution in [0.1, 0.15) is 37.9 Å². The molecule has 8 nitrogen and oxygen atoms in total. The Balaban J connectivity index is 1.70. The van der Waals surface area contributed by atoms with Crippen LogP contribution in [0.3, 0.4) is 0 Å². The molecule has 3 heterocycles. The third-order valence-electron chi connectivity index (χ3n) is 5.10. The van der Waals surface area contributed by atoms with Crippen molar-refractivity contribution in [3.8, 4) is 11.3 Å². The van der Waals surface area contributed by atoms with E-state index in [9.17, 15) is 14.0 Å². The molecule has 0 aliphatic heterocycles. The maximum Gasteiger partial charge on any atom is 0.341 e. The van der Waals surface area contributed by atoms with E-state index in [-0.39, 0.29) is 24.0 Å². The fourth-order valence-corrected chi connectivity index (χ4v) is 3.48. The second-order valence-corrected chi connectivity index (χ2v) is 7.35.